The van der Waals surface area contributed by atoms with E-state index in [1.807, 2.05) is 0 Å². The van der Waals surface area contributed by atoms with Gasteiger partial charge in [-0.15, -0.1) is 0 Å². The first-order chi connectivity index (χ1) is 9.98. The Kier molecular flexibility index (Phi) is 4.21. The van der Waals surface area contributed by atoms with E-state index in [2.05, 4.69) is 20.7 Å². The van der Waals surface area contributed by atoms with Gasteiger partial charge in [0.25, 0.3) is 0 Å². The van der Waals surface area contributed by atoms with Crippen LogP contribution in [0.3, 0.4) is 0 Å². The number of benzene rings is 1. The van der Waals surface area contributed by atoms with Gasteiger partial charge in [-0.2, -0.15) is 0 Å². The summed E-state index contributed by atoms with van der Waals surface area (Å²) < 4.78 is 28.3. The van der Waals surface area contributed by atoms with E-state index in [4.69, 9.17) is 11.6 Å². The minimum absolute atomic E-state index is 0.393. The van der Waals surface area contributed by atoms with E-state index in [0.29, 0.717) is 20.8 Å². The fourth-order valence-corrected chi connectivity index (χ4v) is 6.54. The smallest absolute Gasteiger partial charge is 0.207 e. The van der Waals surface area contributed by atoms with Crippen molar-refractivity contribution in [2.75, 3.05) is 5.33 Å². The zero-order valence-electron chi connectivity index (χ0n) is 11.5. The number of sulfonamides is 1. The van der Waals surface area contributed by atoms with Crippen molar-refractivity contribution in [3.05, 3.63) is 40.4 Å². The summed E-state index contributed by atoms with van der Waals surface area (Å²) in [6.45, 7) is 0. The summed E-state index contributed by atoms with van der Waals surface area (Å²) in [5.41, 5.74) is 1.28. The number of hydrogen-bond acceptors (Lipinski definition) is 2. The molecule has 0 unspecified atom stereocenters. The van der Waals surface area contributed by atoms with Gasteiger partial charge in [0.1, 0.15) is 0 Å². The molecule has 1 fully saturated rings. The second kappa shape index (κ2) is 5.69. The van der Waals surface area contributed by atoms with Crippen molar-refractivity contribution in [3.63, 3.8) is 0 Å². The first-order valence-electron chi connectivity index (χ1n) is 7.08. The minimum atomic E-state index is -3.47. The van der Waals surface area contributed by atoms with Crippen molar-refractivity contribution in [1.29, 1.82) is 0 Å². The largest absolute Gasteiger partial charge is 0.242 e. The van der Waals surface area contributed by atoms with Crippen molar-refractivity contribution in [3.8, 4) is 0 Å². The highest BCUT2D eigenvalue weighted by Crippen LogP contribution is 2.46. The Morgan fingerprint density at radius 3 is 2.33 bits per heavy atom. The molecule has 1 aliphatic carbocycles. The standard InChI is InChI=1S/C15H17BrClNO2S/c16-10-13-14(11-4-6-12(17)7-5-11)21(19,20)18-15(13)8-2-1-3-9-15/h4-7,18H,1-3,8-10H2. The predicted molar refractivity (Wildman–Crippen MR) is 90.0 cm³/mol. The first kappa shape index (κ1) is 15.5. The van der Waals surface area contributed by atoms with Gasteiger partial charge in [-0.05, 0) is 36.1 Å². The maximum atomic E-state index is 12.7. The molecule has 1 heterocycles. The quantitative estimate of drug-likeness (QED) is 0.773. The summed E-state index contributed by atoms with van der Waals surface area (Å²) >= 11 is 9.41. The molecule has 0 radical (unpaired) electrons. The Balaban J connectivity index is 2.17. The zero-order valence-corrected chi connectivity index (χ0v) is 14.7. The molecular formula is C15H17BrClNO2S. The van der Waals surface area contributed by atoms with Crippen molar-refractivity contribution in [2.24, 2.45) is 0 Å². The van der Waals surface area contributed by atoms with Gasteiger partial charge >= 0.3 is 0 Å². The number of nitrogens with one attached hydrogen (secondary N) is 1. The lowest BCUT2D eigenvalue weighted by Gasteiger charge is -2.34. The first-order valence-corrected chi connectivity index (χ1v) is 10.1. The third-order valence-corrected chi connectivity index (χ3v) is 6.89. The number of halogens is 2. The van der Waals surface area contributed by atoms with Gasteiger partial charge in [-0.25, -0.2) is 13.1 Å². The molecule has 3 rings (SSSR count). The Bertz CT molecular complexity index is 676. The second-order valence-corrected chi connectivity index (χ2v) is 8.31. The van der Waals surface area contributed by atoms with Crippen LogP contribution in [0.2, 0.25) is 5.02 Å². The maximum Gasteiger partial charge on any atom is 0.242 e. The lowest BCUT2D eigenvalue weighted by Crippen LogP contribution is -2.46. The van der Waals surface area contributed by atoms with E-state index in [-0.39, 0.29) is 0 Å². The fourth-order valence-electron chi connectivity index (χ4n) is 3.43. The minimum Gasteiger partial charge on any atom is -0.207 e. The van der Waals surface area contributed by atoms with E-state index in [1.54, 1.807) is 24.3 Å². The van der Waals surface area contributed by atoms with Crippen LogP contribution < -0.4 is 4.72 Å². The van der Waals surface area contributed by atoms with Gasteiger partial charge in [0, 0.05) is 10.4 Å². The highest BCUT2D eigenvalue weighted by molar-refractivity contribution is 9.09. The van der Waals surface area contributed by atoms with Gasteiger partial charge in [0.05, 0.1) is 10.4 Å². The molecular weight excluding hydrogens is 374 g/mol. The van der Waals surface area contributed by atoms with Crippen molar-refractivity contribution < 1.29 is 8.42 Å². The average Bonchev–Trinajstić information content (AvgIpc) is 2.67. The van der Waals surface area contributed by atoms with E-state index in [1.165, 1.54) is 6.42 Å². The summed E-state index contributed by atoms with van der Waals surface area (Å²) in [5.74, 6) is 0. The van der Waals surface area contributed by atoms with E-state index in [9.17, 15) is 8.42 Å². The molecule has 1 aromatic carbocycles. The van der Waals surface area contributed by atoms with Crippen LogP contribution in [0.5, 0.6) is 0 Å². The summed E-state index contributed by atoms with van der Waals surface area (Å²) in [4.78, 5) is 0.429. The molecule has 3 nitrogen and oxygen atoms in total. The van der Waals surface area contributed by atoms with Crippen LogP contribution in [0.15, 0.2) is 29.8 Å². The molecule has 0 bridgehead atoms. The van der Waals surface area contributed by atoms with Gasteiger partial charge < -0.3 is 0 Å². The van der Waals surface area contributed by atoms with Crippen LogP contribution in [-0.2, 0) is 10.0 Å². The predicted octanol–water partition coefficient (Wildman–Crippen LogP) is 4.08. The van der Waals surface area contributed by atoms with Crippen LogP contribution in [-0.4, -0.2) is 19.3 Å². The molecule has 1 spiro atoms. The lowest BCUT2D eigenvalue weighted by molar-refractivity contribution is 0.322. The van der Waals surface area contributed by atoms with Gasteiger partial charge in [-0.3, -0.25) is 0 Å². The zero-order chi connectivity index (χ0) is 15.1. The molecule has 1 saturated carbocycles. The third-order valence-electron chi connectivity index (χ3n) is 4.40. The molecule has 1 aliphatic heterocycles. The molecule has 6 heteroatoms. The van der Waals surface area contributed by atoms with Crippen LogP contribution >= 0.6 is 27.5 Å². The monoisotopic (exact) mass is 389 g/mol. The van der Waals surface area contributed by atoms with Gasteiger partial charge in [0.15, 0.2) is 0 Å². The molecule has 0 saturated heterocycles. The molecule has 0 atom stereocenters. The van der Waals surface area contributed by atoms with Crippen molar-refractivity contribution >= 4 is 42.5 Å². The fraction of sp³-hybridized carbons (Fsp3) is 0.467. The van der Waals surface area contributed by atoms with Gasteiger partial charge in [0.2, 0.25) is 10.0 Å². The van der Waals surface area contributed by atoms with Crippen LogP contribution in [0.1, 0.15) is 37.7 Å². The normalized spacial score (nSPS) is 23.7. The van der Waals surface area contributed by atoms with E-state index >= 15 is 0 Å². The highest BCUT2D eigenvalue weighted by atomic mass is 79.9. The molecule has 0 aromatic heterocycles. The topological polar surface area (TPSA) is 46.2 Å². The van der Waals surface area contributed by atoms with Crippen LogP contribution in [0.25, 0.3) is 4.91 Å². The number of rotatable bonds is 2. The third kappa shape index (κ3) is 2.69. The molecule has 1 N–H and O–H groups in total. The highest BCUT2D eigenvalue weighted by Gasteiger charge is 2.48. The summed E-state index contributed by atoms with van der Waals surface area (Å²) in [5, 5.41) is 1.17. The second-order valence-electron chi connectivity index (χ2n) is 5.70. The van der Waals surface area contributed by atoms with Gasteiger partial charge in [-0.1, -0.05) is 58.9 Å². The van der Waals surface area contributed by atoms with Crippen molar-refractivity contribution in [2.45, 2.75) is 37.6 Å². The van der Waals surface area contributed by atoms with Crippen molar-refractivity contribution in [1.82, 2.24) is 4.72 Å². The Morgan fingerprint density at radius 1 is 1.14 bits per heavy atom. The van der Waals surface area contributed by atoms with Crippen LogP contribution in [0.4, 0.5) is 0 Å². The summed E-state index contributed by atoms with van der Waals surface area (Å²) in [6.07, 6.45) is 5.06. The maximum absolute atomic E-state index is 12.7. The summed E-state index contributed by atoms with van der Waals surface area (Å²) in [7, 11) is -3.47. The Morgan fingerprint density at radius 2 is 1.76 bits per heavy atom. The Labute approximate surface area is 138 Å². The number of hydrogen-bond donors (Lipinski definition) is 1. The summed E-state index contributed by atoms with van der Waals surface area (Å²) in [6, 6.07) is 7.02. The van der Waals surface area contributed by atoms with E-state index in [0.717, 1.165) is 31.3 Å². The number of alkyl halides is 1. The Hall–Kier alpha value is -0.360. The van der Waals surface area contributed by atoms with Crippen LogP contribution in [0, 0.1) is 0 Å². The molecule has 1 aromatic rings. The molecule has 0 amide bonds. The molecule has 21 heavy (non-hydrogen) atoms. The SMILES string of the molecule is O=S1(=O)NC2(CCCCC2)C(CBr)=C1c1ccc(Cl)cc1. The molecule has 2 aliphatic rings. The average molecular weight is 391 g/mol. The van der Waals surface area contributed by atoms with E-state index < -0.39 is 15.6 Å². The lowest BCUT2D eigenvalue weighted by atomic mass is 9.77. The molecule has 114 valence electrons.